The van der Waals surface area contributed by atoms with Crippen molar-refractivity contribution in [1.29, 1.82) is 0 Å². The van der Waals surface area contributed by atoms with E-state index in [0.29, 0.717) is 37.6 Å². The van der Waals surface area contributed by atoms with Crippen molar-refractivity contribution in [3.05, 3.63) is 48.7 Å². The lowest BCUT2D eigenvalue weighted by molar-refractivity contribution is -0.137. The van der Waals surface area contributed by atoms with Crippen LogP contribution in [0.5, 0.6) is 0 Å². The van der Waals surface area contributed by atoms with Crippen molar-refractivity contribution in [3.8, 4) is 11.3 Å². The Morgan fingerprint density at radius 3 is 2.68 bits per heavy atom. The van der Waals surface area contributed by atoms with Crippen LogP contribution in [0.15, 0.2) is 43.1 Å². The number of benzene rings is 1. The number of anilines is 3. The molecule has 31 heavy (non-hydrogen) atoms. The molecule has 9 nitrogen and oxygen atoms in total. The Bertz CT molecular complexity index is 1200. The summed E-state index contributed by atoms with van der Waals surface area (Å²) in [6, 6.07) is 4.15. The number of hydrogen-bond acceptors (Lipinski definition) is 7. The van der Waals surface area contributed by atoms with E-state index in [4.69, 9.17) is 4.74 Å². The van der Waals surface area contributed by atoms with Gasteiger partial charge >= 0.3 is 6.18 Å². The second-order valence-corrected chi connectivity index (χ2v) is 6.93. The number of H-pyrrole nitrogens is 1. The van der Waals surface area contributed by atoms with E-state index in [1.807, 2.05) is 0 Å². The van der Waals surface area contributed by atoms with Gasteiger partial charge in [-0.15, -0.1) is 0 Å². The largest absolute Gasteiger partial charge is 0.418 e. The van der Waals surface area contributed by atoms with Crippen molar-refractivity contribution in [3.63, 3.8) is 0 Å². The fourth-order valence-corrected chi connectivity index (χ4v) is 3.55. The molecular formula is C19H17F3N8O. The number of hydrogen-bond donors (Lipinski definition) is 2. The van der Waals surface area contributed by atoms with E-state index in [1.165, 1.54) is 12.4 Å². The Kier molecular flexibility index (Phi) is 4.70. The third-order valence-electron chi connectivity index (χ3n) is 5.01. The molecule has 0 bridgehead atoms. The molecule has 12 heteroatoms. The third-order valence-corrected chi connectivity index (χ3v) is 5.01. The van der Waals surface area contributed by atoms with Gasteiger partial charge in [-0.2, -0.15) is 23.4 Å². The average molecular weight is 430 g/mol. The molecule has 0 spiro atoms. The van der Waals surface area contributed by atoms with Crippen LogP contribution in [0.4, 0.5) is 30.4 Å². The summed E-state index contributed by atoms with van der Waals surface area (Å²) in [5.41, 5.74) is 1.45. The molecule has 2 N–H and O–H groups in total. The number of alkyl halides is 3. The van der Waals surface area contributed by atoms with Gasteiger partial charge in [-0.05, 0) is 18.2 Å². The molecule has 0 saturated carbocycles. The van der Waals surface area contributed by atoms with Gasteiger partial charge in [0.05, 0.1) is 36.9 Å². The quantitative estimate of drug-likeness (QED) is 0.514. The first-order chi connectivity index (χ1) is 15.0. The summed E-state index contributed by atoms with van der Waals surface area (Å²) < 4.78 is 48.2. The Balaban J connectivity index is 1.51. The topological polar surface area (TPSA) is 96.3 Å². The predicted molar refractivity (Wildman–Crippen MR) is 106 cm³/mol. The highest BCUT2D eigenvalue weighted by Gasteiger charge is 2.35. The maximum absolute atomic E-state index is 13.8. The van der Waals surface area contributed by atoms with Crippen LogP contribution in [-0.4, -0.2) is 56.1 Å². The molecule has 3 aromatic heterocycles. The summed E-state index contributed by atoms with van der Waals surface area (Å²) in [6.45, 7) is 1.62. The van der Waals surface area contributed by atoms with Crippen molar-refractivity contribution in [2.24, 2.45) is 0 Å². The van der Waals surface area contributed by atoms with Crippen LogP contribution in [-0.2, 0) is 10.9 Å². The number of ether oxygens (including phenoxy) is 1. The van der Waals surface area contributed by atoms with Crippen molar-refractivity contribution in [1.82, 2.24) is 29.8 Å². The number of aromatic nitrogens is 6. The van der Waals surface area contributed by atoms with E-state index in [1.54, 1.807) is 34.1 Å². The zero-order chi connectivity index (χ0) is 21.4. The van der Waals surface area contributed by atoms with Crippen LogP contribution in [0.2, 0.25) is 0 Å². The van der Waals surface area contributed by atoms with Gasteiger partial charge in [0.1, 0.15) is 6.33 Å². The van der Waals surface area contributed by atoms with Gasteiger partial charge in [0.25, 0.3) is 0 Å². The Morgan fingerprint density at radius 2 is 1.94 bits per heavy atom. The number of halogens is 3. The maximum Gasteiger partial charge on any atom is 0.418 e. The second kappa shape index (κ2) is 7.54. The standard InChI is InChI=1S/C19H17F3N8O/c20-19(21,22)14-7-13(1-2-15(14)29-3-5-31-6-4-29)28-17-18-24-11-27-30(18)16(10-23-17)12-8-25-26-9-12/h1-2,7-11H,3-6H2,(H,23,28)(H,25,26). The van der Waals surface area contributed by atoms with Gasteiger partial charge < -0.3 is 15.0 Å². The highest BCUT2D eigenvalue weighted by Crippen LogP contribution is 2.39. The SMILES string of the molecule is FC(F)(F)c1cc(Nc2ncc(-c3cn[nH]c3)n3ncnc23)ccc1N1CCOCC1. The summed E-state index contributed by atoms with van der Waals surface area (Å²) in [6.07, 6.45) is 1.71. The van der Waals surface area contributed by atoms with Gasteiger partial charge in [0, 0.05) is 36.2 Å². The van der Waals surface area contributed by atoms with Crippen molar-refractivity contribution in [2.75, 3.05) is 36.5 Å². The molecule has 4 aromatic rings. The van der Waals surface area contributed by atoms with Gasteiger partial charge in [-0.3, -0.25) is 5.10 Å². The van der Waals surface area contributed by atoms with Gasteiger partial charge in [0.2, 0.25) is 0 Å². The molecule has 0 aliphatic carbocycles. The van der Waals surface area contributed by atoms with E-state index in [-0.39, 0.29) is 17.2 Å². The first-order valence-electron chi connectivity index (χ1n) is 9.49. The Labute approximate surface area is 173 Å². The van der Waals surface area contributed by atoms with E-state index in [9.17, 15) is 13.2 Å². The maximum atomic E-state index is 13.8. The fourth-order valence-electron chi connectivity index (χ4n) is 3.55. The lowest BCUT2D eigenvalue weighted by Gasteiger charge is -2.31. The number of nitrogens with one attached hydrogen (secondary N) is 2. The predicted octanol–water partition coefficient (Wildman–Crippen LogP) is 3.11. The van der Waals surface area contributed by atoms with Crippen LogP contribution in [0.1, 0.15) is 5.56 Å². The molecule has 0 amide bonds. The summed E-state index contributed by atoms with van der Waals surface area (Å²) in [4.78, 5) is 10.2. The second-order valence-electron chi connectivity index (χ2n) is 6.93. The summed E-state index contributed by atoms with van der Waals surface area (Å²) >= 11 is 0. The molecule has 4 heterocycles. The van der Waals surface area contributed by atoms with Gasteiger partial charge in [-0.25, -0.2) is 14.5 Å². The fraction of sp³-hybridized carbons (Fsp3) is 0.263. The molecule has 1 saturated heterocycles. The lowest BCUT2D eigenvalue weighted by Crippen LogP contribution is -2.37. The minimum absolute atomic E-state index is 0.136. The number of rotatable bonds is 4. The number of aromatic amines is 1. The Morgan fingerprint density at radius 1 is 1.10 bits per heavy atom. The van der Waals surface area contributed by atoms with Crippen molar-refractivity contribution >= 4 is 22.8 Å². The highest BCUT2D eigenvalue weighted by atomic mass is 19.4. The first-order valence-corrected chi connectivity index (χ1v) is 9.49. The van der Waals surface area contributed by atoms with E-state index in [0.717, 1.165) is 11.6 Å². The smallest absolute Gasteiger partial charge is 0.378 e. The summed E-state index contributed by atoms with van der Waals surface area (Å²) in [7, 11) is 0. The van der Waals surface area contributed by atoms with Crippen LogP contribution >= 0.6 is 0 Å². The molecule has 0 radical (unpaired) electrons. The first kappa shape index (κ1) is 19.3. The monoisotopic (exact) mass is 430 g/mol. The molecule has 1 aliphatic heterocycles. The zero-order valence-electron chi connectivity index (χ0n) is 16.1. The van der Waals surface area contributed by atoms with E-state index >= 15 is 0 Å². The van der Waals surface area contributed by atoms with Gasteiger partial charge in [-0.1, -0.05) is 0 Å². The average Bonchev–Trinajstić information content (AvgIpc) is 3.47. The number of fused-ring (bicyclic) bond motifs is 1. The normalized spacial score (nSPS) is 14.9. The van der Waals surface area contributed by atoms with Crippen LogP contribution in [0, 0.1) is 0 Å². The summed E-state index contributed by atoms with van der Waals surface area (Å²) in [5, 5.41) is 13.8. The molecular weight excluding hydrogens is 413 g/mol. The molecule has 0 atom stereocenters. The van der Waals surface area contributed by atoms with Crippen molar-refractivity contribution in [2.45, 2.75) is 6.18 Å². The van der Waals surface area contributed by atoms with Gasteiger partial charge in [0.15, 0.2) is 11.5 Å². The zero-order valence-corrected chi connectivity index (χ0v) is 16.1. The molecule has 0 unspecified atom stereocenters. The molecule has 1 aliphatic rings. The van der Waals surface area contributed by atoms with Crippen molar-refractivity contribution < 1.29 is 17.9 Å². The minimum Gasteiger partial charge on any atom is -0.378 e. The minimum atomic E-state index is -4.51. The Hall–Kier alpha value is -3.67. The van der Waals surface area contributed by atoms with Crippen LogP contribution < -0.4 is 10.2 Å². The summed E-state index contributed by atoms with van der Waals surface area (Å²) in [5.74, 6) is 0.289. The number of nitrogens with zero attached hydrogens (tertiary/aromatic N) is 6. The highest BCUT2D eigenvalue weighted by molar-refractivity contribution is 5.74. The van der Waals surface area contributed by atoms with E-state index < -0.39 is 11.7 Å². The van der Waals surface area contributed by atoms with Crippen LogP contribution in [0.25, 0.3) is 16.9 Å². The number of morpholine rings is 1. The molecule has 1 aromatic carbocycles. The lowest BCUT2D eigenvalue weighted by atomic mass is 10.1. The molecule has 5 rings (SSSR count). The van der Waals surface area contributed by atoms with E-state index in [2.05, 4.69) is 30.6 Å². The van der Waals surface area contributed by atoms with Crippen LogP contribution in [0.3, 0.4) is 0 Å². The molecule has 1 fully saturated rings. The third kappa shape index (κ3) is 3.65. The molecule has 160 valence electrons.